The van der Waals surface area contributed by atoms with Gasteiger partial charge in [0.15, 0.2) is 5.82 Å². The molecule has 0 saturated carbocycles. The molecular weight excluding hydrogens is 315 g/mol. The Kier molecular flexibility index (Phi) is 3.22. The molecule has 0 fully saturated rings. The fourth-order valence-electron chi connectivity index (χ4n) is 1.38. The Hall–Kier alpha value is -0.980. The lowest BCUT2D eigenvalue weighted by atomic mass is 10.2. The third-order valence-electron chi connectivity index (χ3n) is 2.16. The summed E-state index contributed by atoms with van der Waals surface area (Å²) in [6.07, 6.45) is 3.76. The molecule has 0 saturated heterocycles. The Labute approximate surface area is 108 Å². The molecule has 2 aromatic rings. The molecular formula is C11H13IN4. The molecule has 2 rings (SSSR count). The van der Waals surface area contributed by atoms with E-state index in [-0.39, 0.29) is 0 Å². The maximum absolute atomic E-state index is 4.50. The molecule has 2 aromatic heterocycles. The second-order valence-electron chi connectivity index (χ2n) is 3.98. The van der Waals surface area contributed by atoms with E-state index in [4.69, 9.17) is 0 Å². The molecule has 0 aliphatic heterocycles. The first-order valence-electron chi connectivity index (χ1n) is 5.12. The van der Waals surface area contributed by atoms with Crippen molar-refractivity contribution in [1.82, 2.24) is 19.7 Å². The van der Waals surface area contributed by atoms with Gasteiger partial charge in [0, 0.05) is 23.9 Å². The van der Waals surface area contributed by atoms with E-state index in [1.54, 1.807) is 4.68 Å². The summed E-state index contributed by atoms with van der Waals surface area (Å²) in [5.74, 6) is 2.02. The van der Waals surface area contributed by atoms with Crippen molar-refractivity contribution in [2.45, 2.75) is 26.7 Å². The average molecular weight is 328 g/mol. The number of nitrogens with zero attached hydrogens (tertiary/aromatic N) is 4. The molecule has 0 aliphatic rings. The van der Waals surface area contributed by atoms with E-state index in [9.17, 15) is 0 Å². The molecule has 4 nitrogen and oxygen atoms in total. The van der Waals surface area contributed by atoms with Gasteiger partial charge in [-0.2, -0.15) is 5.10 Å². The average Bonchev–Trinajstić information content (AvgIpc) is 2.64. The Morgan fingerprint density at radius 1 is 1.31 bits per heavy atom. The number of hydrogen-bond donors (Lipinski definition) is 0. The van der Waals surface area contributed by atoms with Crippen molar-refractivity contribution in [1.29, 1.82) is 0 Å². The normalized spacial score (nSPS) is 11.1. The van der Waals surface area contributed by atoms with Crippen molar-refractivity contribution in [3.8, 4) is 5.82 Å². The predicted octanol–water partition coefficient (Wildman–Crippen LogP) is 2.70. The molecule has 16 heavy (non-hydrogen) atoms. The van der Waals surface area contributed by atoms with Gasteiger partial charge in [-0.1, -0.05) is 13.8 Å². The van der Waals surface area contributed by atoms with Crippen LogP contribution in [0.3, 0.4) is 0 Å². The third-order valence-corrected chi connectivity index (χ3v) is 2.72. The highest BCUT2D eigenvalue weighted by Gasteiger charge is 2.08. The van der Waals surface area contributed by atoms with Crippen molar-refractivity contribution < 1.29 is 0 Å². The highest BCUT2D eigenvalue weighted by molar-refractivity contribution is 14.1. The monoisotopic (exact) mass is 328 g/mol. The summed E-state index contributed by atoms with van der Waals surface area (Å²) in [6.45, 7) is 6.16. The van der Waals surface area contributed by atoms with Crippen LogP contribution in [0.15, 0.2) is 18.5 Å². The quantitative estimate of drug-likeness (QED) is 0.796. The minimum absolute atomic E-state index is 0.327. The lowest BCUT2D eigenvalue weighted by Gasteiger charge is -2.07. The molecule has 0 spiro atoms. The Bertz CT molecular complexity index is 504. The molecule has 2 heterocycles. The standard InChI is InChI=1S/C11H13IN4/c1-7(2)11-14-8(3)4-10(15-11)16-6-9(12)5-13-16/h4-7H,1-3H3. The van der Waals surface area contributed by atoms with Crippen molar-refractivity contribution >= 4 is 22.6 Å². The van der Waals surface area contributed by atoms with Gasteiger partial charge in [0.05, 0.1) is 9.77 Å². The molecule has 0 N–H and O–H groups in total. The second-order valence-corrected chi connectivity index (χ2v) is 5.23. The summed E-state index contributed by atoms with van der Waals surface area (Å²) in [4.78, 5) is 8.91. The zero-order valence-corrected chi connectivity index (χ0v) is 11.6. The van der Waals surface area contributed by atoms with E-state index < -0.39 is 0 Å². The first-order chi connectivity index (χ1) is 7.56. The van der Waals surface area contributed by atoms with Crippen LogP contribution in [0.4, 0.5) is 0 Å². The van der Waals surface area contributed by atoms with Crippen molar-refractivity contribution in [2.75, 3.05) is 0 Å². The van der Waals surface area contributed by atoms with Gasteiger partial charge >= 0.3 is 0 Å². The lowest BCUT2D eigenvalue weighted by molar-refractivity contribution is 0.738. The topological polar surface area (TPSA) is 43.6 Å². The van der Waals surface area contributed by atoms with E-state index in [0.717, 1.165) is 20.9 Å². The summed E-state index contributed by atoms with van der Waals surface area (Å²) in [5, 5.41) is 4.25. The summed E-state index contributed by atoms with van der Waals surface area (Å²) in [6, 6.07) is 1.94. The van der Waals surface area contributed by atoms with Gasteiger partial charge in [-0.25, -0.2) is 14.6 Å². The van der Waals surface area contributed by atoms with Gasteiger partial charge in [-0.3, -0.25) is 0 Å². The van der Waals surface area contributed by atoms with Crippen molar-refractivity contribution in [2.24, 2.45) is 0 Å². The van der Waals surface area contributed by atoms with Crippen LogP contribution in [-0.4, -0.2) is 19.7 Å². The Balaban J connectivity index is 2.49. The van der Waals surface area contributed by atoms with Crippen LogP contribution in [0, 0.1) is 10.5 Å². The molecule has 0 atom stereocenters. The van der Waals surface area contributed by atoms with Crippen LogP contribution in [-0.2, 0) is 0 Å². The largest absolute Gasteiger partial charge is 0.238 e. The Morgan fingerprint density at radius 3 is 2.62 bits per heavy atom. The van der Waals surface area contributed by atoms with Crippen LogP contribution in [0.2, 0.25) is 0 Å². The molecule has 0 aliphatic carbocycles. The molecule has 84 valence electrons. The maximum Gasteiger partial charge on any atom is 0.157 e. The zero-order chi connectivity index (χ0) is 11.7. The maximum atomic E-state index is 4.50. The van der Waals surface area contributed by atoms with Gasteiger partial charge in [-0.15, -0.1) is 0 Å². The first-order valence-corrected chi connectivity index (χ1v) is 6.20. The fourth-order valence-corrected chi connectivity index (χ4v) is 1.76. The van der Waals surface area contributed by atoms with Crippen LogP contribution in [0.5, 0.6) is 0 Å². The van der Waals surface area contributed by atoms with Gasteiger partial charge in [-0.05, 0) is 29.5 Å². The molecule has 0 unspecified atom stereocenters. The fraction of sp³-hybridized carbons (Fsp3) is 0.364. The van der Waals surface area contributed by atoms with E-state index in [1.807, 2.05) is 25.4 Å². The highest BCUT2D eigenvalue weighted by Crippen LogP contribution is 2.13. The van der Waals surface area contributed by atoms with Gasteiger partial charge < -0.3 is 0 Å². The van der Waals surface area contributed by atoms with E-state index in [2.05, 4.69) is 51.5 Å². The van der Waals surface area contributed by atoms with E-state index in [1.165, 1.54) is 0 Å². The smallest absolute Gasteiger partial charge is 0.157 e. The van der Waals surface area contributed by atoms with Crippen LogP contribution in [0.25, 0.3) is 5.82 Å². The molecule has 0 bridgehead atoms. The molecule has 0 radical (unpaired) electrons. The first kappa shape index (κ1) is 11.5. The van der Waals surface area contributed by atoms with Crippen LogP contribution >= 0.6 is 22.6 Å². The summed E-state index contributed by atoms with van der Waals surface area (Å²) in [5.41, 5.74) is 0.971. The minimum Gasteiger partial charge on any atom is -0.238 e. The molecule has 0 aromatic carbocycles. The van der Waals surface area contributed by atoms with Crippen LogP contribution in [0.1, 0.15) is 31.3 Å². The van der Waals surface area contributed by atoms with Crippen molar-refractivity contribution in [3.05, 3.63) is 33.5 Å². The van der Waals surface area contributed by atoms with E-state index in [0.29, 0.717) is 5.92 Å². The highest BCUT2D eigenvalue weighted by atomic mass is 127. The summed E-state index contributed by atoms with van der Waals surface area (Å²) < 4.78 is 2.88. The number of aromatic nitrogens is 4. The van der Waals surface area contributed by atoms with Gasteiger partial charge in [0.2, 0.25) is 0 Å². The predicted molar refractivity (Wildman–Crippen MR) is 70.7 cm³/mol. The van der Waals surface area contributed by atoms with Gasteiger partial charge in [0.1, 0.15) is 5.82 Å². The number of aryl methyl sites for hydroxylation is 1. The lowest BCUT2D eigenvalue weighted by Crippen LogP contribution is -2.06. The van der Waals surface area contributed by atoms with E-state index >= 15 is 0 Å². The van der Waals surface area contributed by atoms with Gasteiger partial charge in [0.25, 0.3) is 0 Å². The minimum atomic E-state index is 0.327. The van der Waals surface area contributed by atoms with Crippen molar-refractivity contribution in [3.63, 3.8) is 0 Å². The zero-order valence-electron chi connectivity index (χ0n) is 9.48. The molecule has 5 heteroatoms. The number of hydrogen-bond acceptors (Lipinski definition) is 3. The third kappa shape index (κ3) is 2.40. The second kappa shape index (κ2) is 4.48. The van der Waals surface area contributed by atoms with Crippen LogP contribution < -0.4 is 0 Å². The number of halogens is 1. The summed E-state index contributed by atoms with van der Waals surface area (Å²) in [7, 11) is 0. The Morgan fingerprint density at radius 2 is 2.06 bits per heavy atom. The number of rotatable bonds is 2. The SMILES string of the molecule is Cc1cc(-n2cc(I)cn2)nc(C(C)C)n1. The molecule has 0 amide bonds. The summed E-state index contributed by atoms with van der Waals surface area (Å²) >= 11 is 2.23.